The maximum Gasteiger partial charge on any atom is 0.420 e. The molecule has 0 radical (unpaired) electrons. The third-order valence-corrected chi connectivity index (χ3v) is 4.45. The number of carbonyl (C=O) groups is 3. The lowest BCUT2D eigenvalue weighted by Gasteiger charge is -2.27. The number of rotatable bonds is 14. The van der Waals surface area contributed by atoms with E-state index in [-0.39, 0.29) is 57.8 Å². The second kappa shape index (κ2) is 14.1. The highest BCUT2D eigenvalue weighted by molar-refractivity contribution is 5.92. The van der Waals surface area contributed by atoms with Gasteiger partial charge in [0, 0.05) is 25.8 Å². The van der Waals surface area contributed by atoms with E-state index in [1.54, 1.807) is 13.8 Å². The molecule has 0 aliphatic carbocycles. The van der Waals surface area contributed by atoms with Gasteiger partial charge in [-0.1, -0.05) is 21.3 Å². The van der Waals surface area contributed by atoms with Crippen LogP contribution in [0.5, 0.6) is 0 Å². The summed E-state index contributed by atoms with van der Waals surface area (Å²) in [5, 5.41) is 2.39. The van der Waals surface area contributed by atoms with Crippen molar-refractivity contribution < 1.29 is 41.1 Å². The van der Waals surface area contributed by atoms with Crippen LogP contribution < -0.4 is 16.8 Å². The Labute approximate surface area is 190 Å². The van der Waals surface area contributed by atoms with Crippen LogP contribution in [-0.2, 0) is 19.1 Å². The van der Waals surface area contributed by atoms with E-state index in [1.807, 2.05) is 0 Å². The quantitative estimate of drug-likeness (QED) is 0.148. The van der Waals surface area contributed by atoms with Gasteiger partial charge in [-0.15, -0.1) is 0 Å². The molecule has 0 saturated heterocycles. The maximum atomic E-state index is 13.3. The molecule has 0 saturated carbocycles. The Hall–Kier alpha value is -2.31. The lowest BCUT2D eigenvalue weighted by atomic mass is 9.89. The fourth-order valence-electron chi connectivity index (χ4n) is 2.83. The Bertz CT molecular complexity index is 660. The van der Waals surface area contributed by atoms with E-state index >= 15 is 0 Å². The standard InChI is InChI=1S/C19H31F5N4O4.CH4/c1-10(2)12(8-11(3)29)15(31)28-13(6-5-7-27-17(25)26)14(30)9-32-16(18(4,20)21)19(22,23)24;/h10,12-13,16H,5-9H2,1-4H3,(H,28,31)(H4,25,26,27);1H4/t12-,13-,16?;/m0./s1. The van der Waals surface area contributed by atoms with Crippen molar-refractivity contribution in [2.24, 2.45) is 28.3 Å². The lowest BCUT2D eigenvalue weighted by Crippen LogP contribution is -2.49. The second-order valence-electron chi connectivity index (χ2n) is 7.92. The summed E-state index contributed by atoms with van der Waals surface area (Å²) in [6.07, 6.45) is -8.94. The van der Waals surface area contributed by atoms with Gasteiger partial charge in [0.2, 0.25) is 12.0 Å². The molecule has 1 unspecified atom stereocenters. The lowest BCUT2D eigenvalue weighted by molar-refractivity contribution is -0.278. The van der Waals surface area contributed by atoms with Crippen LogP contribution in [-0.4, -0.2) is 60.8 Å². The molecule has 0 aliphatic heterocycles. The molecule has 8 nitrogen and oxygen atoms in total. The molecule has 13 heteroatoms. The first-order valence-corrected chi connectivity index (χ1v) is 9.90. The van der Waals surface area contributed by atoms with Gasteiger partial charge in [-0.25, -0.2) is 8.78 Å². The summed E-state index contributed by atoms with van der Waals surface area (Å²) in [7, 11) is 0. The summed E-state index contributed by atoms with van der Waals surface area (Å²) in [5.41, 5.74) is 10.4. The molecular weight excluding hydrogens is 455 g/mol. The number of nitrogens with one attached hydrogen (secondary N) is 1. The van der Waals surface area contributed by atoms with Gasteiger partial charge in [0.25, 0.3) is 5.92 Å². The number of ketones is 2. The molecule has 0 bridgehead atoms. The summed E-state index contributed by atoms with van der Waals surface area (Å²) >= 11 is 0. The molecule has 0 aromatic carbocycles. The predicted molar refractivity (Wildman–Crippen MR) is 114 cm³/mol. The number of nitrogens with two attached hydrogens (primary N) is 2. The fourth-order valence-corrected chi connectivity index (χ4v) is 2.83. The first-order chi connectivity index (χ1) is 14.5. The van der Waals surface area contributed by atoms with Crippen LogP contribution in [0.25, 0.3) is 0 Å². The summed E-state index contributed by atoms with van der Waals surface area (Å²) < 4.78 is 69.4. The minimum Gasteiger partial charge on any atom is -0.370 e. The highest BCUT2D eigenvalue weighted by atomic mass is 19.4. The molecule has 1 amide bonds. The third kappa shape index (κ3) is 13.1. The number of hydrogen-bond acceptors (Lipinski definition) is 5. The summed E-state index contributed by atoms with van der Waals surface area (Å²) in [6.45, 7) is 3.43. The third-order valence-electron chi connectivity index (χ3n) is 4.45. The fraction of sp³-hybridized carbons (Fsp3) is 0.800. The summed E-state index contributed by atoms with van der Waals surface area (Å²) in [6, 6.07) is -1.34. The highest BCUT2D eigenvalue weighted by Crippen LogP contribution is 2.34. The van der Waals surface area contributed by atoms with E-state index in [2.05, 4.69) is 15.0 Å². The number of carbonyl (C=O) groups excluding carboxylic acids is 3. The number of Topliss-reactive ketones (excluding diaryl/α,β-unsaturated/α-hetero) is 2. The van der Waals surface area contributed by atoms with Gasteiger partial charge in [-0.3, -0.25) is 14.6 Å². The normalized spacial score (nSPS) is 14.6. The van der Waals surface area contributed by atoms with Crippen LogP contribution in [0.15, 0.2) is 4.99 Å². The van der Waals surface area contributed by atoms with Crippen LogP contribution >= 0.6 is 0 Å². The first-order valence-electron chi connectivity index (χ1n) is 9.90. The summed E-state index contributed by atoms with van der Waals surface area (Å²) in [5.74, 6) is -7.54. The van der Waals surface area contributed by atoms with Gasteiger partial charge in [-0.2, -0.15) is 13.2 Å². The van der Waals surface area contributed by atoms with Gasteiger partial charge in [-0.05, 0) is 25.7 Å². The minimum absolute atomic E-state index is 0. The van der Waals surface area contributed by atoms with Crippen molar-refractivity contribution in [3.05, 3.63) is 0 Å². The van der Waals surface area contributed by atoms with Crippen molar-refractivity contribution in [2.75, 3.05) is 13.2 Å². The van der Waals surface area contributed by atoms with Crippen LogP contribution in [0, 0.1) is 11.8 Å². The molecular formula is C20H35F5N4O4. The summed E-state index contributed by atoms with van der Waals surface area (Å²) in [4.78, 5) is 40.2. The number of amides is 1. The Morgan fingerprint density at radius 1 is 1.09 bits per heavy atom. The molecule has 0 fully saturated rings. The van der Waals surface area contributed by atoms with Gasteiger partial charge in [0.05, 0.1) is 6.04 Å². The minimum atomic E-state index is -5.41. The number of guanidine groups is 1. The maximum absolute atomic E-state index is 13.3. The van der Waals surface area contributed by atoms with E-state index in [4.69, 9.17) is 11.5 Å². The molecule has 0 spiro atoms. The molecule has 194 valence electrons. The molecule has 0 aromatic heterocycles. The van der Waals surface area contributed by atoms with Crippen molar-refractivity contribution in [3.63, 3.8) is 0 Å². The van der Waals surface area contributed by atoms with E-state index in [0.29, 0.717) is 0 Å². The van der Waals surface area contributed by atoms with Gasteiger partial charge < -0.3 is 26.3 Å². The Morgan fingerprint density at radius 3 is 2.03 bits per heavy atom. The van der Waals surface area contributed by atoms with Crippen LogP contribution in [0.4, 0.5) is 22.0 Å². The molecule has 3 atom stereocenters. The number of ether oxygens (including phenoxy) is 1. The molecule has 0 aromatic rings. The van der Waals surface area contributed by atoms with E-state index in [1.165, 1.54) is 6.92 Å². The zero-order valence-electron chi connectivity index (χ0n) is 18.5. The number of alkyl halides is 5. The second-order valence-corrected chi connectivity index (χ2v) is 7.92. The Morgan fingerprint density at radius 2 is 1.64 bits per heavy atom. The number of aliphatic imine (C=N–C) groups is 1. The smallest absolute Gasteiger partial charge is 0.370 e. The Kier molecular flexibility index (Phi) is 14.0. The van der Waals surface area contributed by atoms with Crippen molar-refractivity contribution in [1.29, 1.82) is 0 Å². The van der Waals surface area contributed by atoms with Crippen molar-refractivity contribution >= 4 is 23.4 Å². The Balaban J connectivity index is 0. The molecule has 0 heterocycles. The van der Waals surface area contributed by atoms with Crippen LogP contribution in [0.3, 0.4) is 0 Å². The molecule has 5 N–H and O–H groups in total. The molecule has 0 rings (SSSR count). The topological polar surface area (TPSA) is 137 Å². The van der Waals surface area contributed by atoms with Crippen LogP contribution in [0.2, 0.25) is 0 Å². The average molecular weight is 491 g/mol. The van der Waals surface area contributed by atoms with E-state index in [9.17, 15) is 36.3 Å². The first kappa shape index (κ1) is 32.9. The molecule has 33 heavy (non-hydrogen) atoms. The number of halogens is 5. The van der Waals surface area contributed by atoms with Gasteiger partial charge in [0.15, 0.2) is 11.7 Å². The van der Waals surface area contributed by atoms with Gasteiger partial charge >= 0.3 is 6.18 Å². The SMILES string of the molecule is C.CC(=O)C[C@H](C(=O)N[C@@H](CCCN=C(N)N)C(=O)COC(C(C)(F)F)C(F)(F)F)C(C)C. The van der Waals surface area contributed by atoms with E-state index < -0.39 is 48.5 Å². The zero-order chi connectivity index (χ0) is 25.3. The number of nitrogens with zero attached hydrogens (tertiary/aromatic N) is 1. The largest absolute Gasteiger partial charge is 0.420 e. The highest BCUT2D eigenvalue weighted by Gasteiger charge is 2.54. The van der Waals surface area contributed by atoms with Crippen molar-refractivity contribution in [3.8, 4) is 0 Å². The van der Waals surface area contributed by atoms with Crippen LogP contribution in [0.1, 0.15) is 54.4 Å². The van der Waals surface area contributed by atoms with Crippen molar-refractivity contribution in [2.45, 2.75) is 78.6 Å². The van der Waals surface area contributed by atoms with Crippen molar-refractivity contribution in [1.82, 2.24) is 5.32 Å². The molecule has 0 aliphatic rings. The predicted octanol–water partition coefficient (Wildman–Crippen LogP) is 2.58. The monoisotopic (exact) mass is 490 g/mol. The van der Waals surface area contributed by atoms with Gasteiger partial charge in [0.1, 0.15) is 12.4 Å². The zero-order valence-corrected chi connectivity index (χ0v) is 18.5. The number of hydrogen-bond donors (Lipinski definition) is 3. The van der Waals surface area contributed by atoms with E-state index in [0.717, 1.165) is 0 Å². The average Bonchev–Trinajstić information content (AvgIpc) is 2.59.